The van der Waals surface area contributed by atoms with Crippen LogP contribution in [-0.2, 0) is 16.1 Å². The van der Waals surface area contributed by atoms with Gasteiger partial charge in [-0.2, -0.15) is 5.10 Å². The average molecular weight is 240 g/mol. The first-order chi connectivity index (χ1) is 7.76. The molecule has 7 nitrogen and oxygen atoms in total. The van der Waals surface area contributed by atoms with E-state index in [2.05, 4.69) is 10.4 Å². The smallest absolute Gasteiger partial charge is 0.325 e. The van der Waals surface area contributed by atoms with Gasteiger partial charge in [0.25, 0.3) is 0 Å². The molecule has 1 aromatic heterocycles. The molecule has 17 heavy (non-hydrogen) atoms. The predicted molar refractivity (Wildman–Crippen MR) is 61.4 cm³/mol. The standard InChI is InChI=1S/C10H16N4O3/c1-10(2,11)3-8(15)13-7-4-12-14(5-7)6-9(16)17/h4-5H,3,6,11H2,1-2H3,(H,13,15)(H,16,17). The van der Waals surface area contributed by atoms with Crippen LogP contribution in [0.3, 0.4) is 0 Å². The van der Waals surface area contributed by atoms with Gasteiger partial charge in [-0.05, 0) is 13.8 Å². The number of amides is 1. The largest absolute Gasteiger partial charge is 0.480 e. The Morgan fingerprint density at radius 2 is 2.24 bits per heavy atom. The first-order valence-corrected chi connectivity index (χ1v) is 5.09. The van der Waals surface area contributed by atoms with Gasteiger partial charge in [-0.15, -0.1) is 0 Å². The van der Waals surface area contributed by atoms with Gasteiger partial charge in [0.15, 0.2) is 0 Å². The minimum Gasteiger partial charge on any atom is -0.480 e. The molecule has 0 atom stereocenters. The molecule has 0 aromatic carbocycles. The lowest BCUT2D eigenvalue weighted by Crippen LogP contribution is -2.36. The minimum atomic E-state index is -0.992. The highest BCUT2D eigenvalue weighted by molar-refractivity contribution is 5.91. The summed E-state index contributed by atoms with van der Waals surface area (Å²) in [7, 11) is 0. The zero-order chi connectivity index (χ0) is 13.1. The molecule has 1 rings (SSSR count). The van der Waals surface area contributed by atoms with Crippen LogP contribution < -0.4 is 11.1 Å². The van der Waals surface area contributed by atoms with Crippen molar-refractivity contribution in [3.63, 3.8) is 0 Å². The van der Waals surface area contributed by atoms with Crippen molar-refractivity contribution in [1.29, 1.82) is 0 Å². The number of aliphatic carboxylic acids is 1. The second-order valence-electron chi connectivity index (χ2n) is 4.53. The molecule has 0 aliphatic rings. The van der Waals surface area contributed by atoms with Crippen LogP contribution >= 0.6 is 0 Å². The monoisotopic (exact) mass is 240 g/mol. The fraction of sp³-hybridized carbons (Fsp3) is 0.500. The van der Waals surface area contributed by atoms with Gasteiger partial charge in [-0.3, -0.25) is 14.3 Å². The fourth-order valence-corrected chi connectivity index (χ4v) is 1.27. The van der Waals surface area contributed by atoms with E-state index in [9.17, 15) is 9.59 Å². The third-order valence-corrected chi connectivity index (χ3v) is 1.83. The van der Waals surface area contributed by atoms with Crippen LogP contribution in [0.25, 0.3) is 0 Å². The van der Waals surface area contributed by atoms with E-state index in [1.165, 1.54) is 17.1 Å². The number of anilines is 1. The molecule has 1 amide bonds. The van der Waals surface area contributed by atoms with Crippen molar-refractivity contribution >= 4 is 17.6 Å². The molecule has 0 saturated carbocycles. The molecule has 0 radical (unpaired) electrons. The Hall–Kier alpha value is -1.89. The number of nitrogens with one attached hydrogen (secondary N) is 1. The summed E-state index contributed by atoms with van der Waals surface area (Å²) in [6, 6.07) is 0. The SMILES string of the molecule is CC(C)(N)CC(=O)Nc1cnn(CC(=O)O)c1. The number of hydrogen-bond donors (Lipinski definition) is 3. The second-order valence-corrected chi connectivity index (χ2v) is 4.53. The highest BCUT2D eigenvalue weighted by atomic mass is 16.4. The lowest BCUT2D eigenvalue weighted by atomic mass is 10.0. The number of nitrogens with two attached hydrogens (primary N) is 1. The number of aromatic nitrogens is 2. The summed E-state index contributed by atoms with van der Waals surface area (Å²) in [5.41, 5.74) is 5.58. The van der Waals surface area contributed by atoms with E-state index < -0.39 is 11.5 Å². The van der Waals surface area contributed by atoms with E-state index in [1.807, 2.05) is 0 Å². The maximum atomic E-state index is 11.5. The second kappa shape index (κ2) is 4.96. The van der Waals surface area contributed by atoms with Gasteiger partial charge in [-0.25, -0.2) is 0 Å². The summed E-state index contributed by atoms with van der Waals surface area (Å²) in [5, 5.41) is 14.9. The van der Waals surface area contributed by atoms with Crippen LogP contribution in [0.15, 0.2) is 12.4 Å². The lowest BCUT2D eigenvalue weighted by Gasteiger charge is -2.16. The summed E-state index contributed by atoms with van der Waals surface area (Å²) < 4.78 is 1.23. The third kappa shape index (κ3) is 5.12. The van der Waals surface area contributed by atoms with Crippen molar-refractivity contribution in [3.05, 3.63) is 12.4 Å². The van der Waals surface area contributed by atoms with Crippen molar-refractivity contribution in [2.75, 3.05) is 5.32 Å². The van der Waals surface area contributed by atoms with Crippen molar-refractivity contribution in [2.24, 2.45) is 5.73 Å². The molecule has 0 fully saturated rings. The van der Waals surface area contributed by atoms with Gasteiger partial charge in [0.1, 0.15) is 6.54 Å². The summed E-state index contributed by atoms with van der Waals surface area (Å²) in [5.74, 6) is -1.22. The van der Waals surface area contributed by atoms with Gasteiger partial charge in [0.05, 0.1) is 11.9 Å². The van der Waals surface area contributed by atoms with E-state index in [0.717, 1.165) is 0 Å². The van der Waals surface area contributed by atoms with Crippen molar-refractivity contribution < 1.29 is 14.7 Å². The summed E-state index contributed by atoms with van der Waals surface area (Å²) in [4.78, 5) is 21.9. The Labute approximate surface area is 98.6 Å². The highest BCUT2D eigenvalue weighted by Gasteiger charge is 2.16. The number of rotatable bonds is 5. The molecule has 0 unspecified atom stereocenters. The fourth-order valence-electron chi connectivity index (χ4n) is 1.27. The first kappa shape index (κ1) is 13.2. The first-order valence-electron chi connectivity index (χ1n) is 5.09. The van der Waals surface area contributed by atoms with Gasteiger partial charge in [-0.1, -0.05) is 0 Å². The van der Waals surface area contributed by atoms with E-state index >= 15 is 0 Å². The van der Waals surface area contributed by atoms with E-state index in [4.69, 9.17) is 10.8 Å². The van der Waals surface area contributed by atoms with Crippen LogP contribution in [0, 0.1) is 0 Å². The predicted octanol–water partition coefficient (Wildman–Crippen LogP) is 0.0336. The molecule has 0 aliphatic heterocycles. The van der Waals surface area contributed by atoms with Crippen molar-refractivity contribution in [2.45, 2.75) is 32.4 Å². The van der Waals surface area contributed by atoms with Crippen LogP contribution in [-0.4, -0.2) is 32.3 Å². The number of carbonyl (C=O) groups excluding carboxylic acids is 1. The van der Waals surface area contributed by atoms with Gasteiger partial charge in [0.2, 0.25) is 5.91 Å². The maximum absolute atomic E-state index is 11.5. The molecule has 0 saturated heterocycles. The van der Waals surface area contributed by atoms with Crippen molar-refractivity contribution in [3.8, 4) is 0 Å². The van der Waals surface area contributed by atoms with Crippen molar-refractivity contribution in [1.82, 2.24) is 9.78 Å². The molecule has 4 N–H and O–H groups in total. The molecule has 7 heteroatoms. The third-order valence-electron chi connectivity index (χ3n) is 1.83. The van der Waals surface area contributed by atoms with E-state index in [1.54, 1.807) is 13.8 Å². The van der Waals surface area contributed by atoms with Gasteiger partial charge >= 0.3 is 5.97 Å². The Kier molecular flexibility index (Phi) is 3.84. The van der Waals surface area contributed by atoms with Crippen LogP contribution in [0.5, 0.6) is 0 Å². The zero-order valence-electron chi connectivity index (χ0n) is 9.80. The molecule has 1 heterocycles. The highest BCUT2D eigenvalue weighted by Crippen LogP contribution is 2.09. The Morgan fingerprint density at radius 1 is 1.59 bits per heavy atom. The summed E-state index contributed by atoms with van der Waals surface area (Å²) >= 11 is 0. The summed E-state index contributed by atoms with van der Waals surface area (Å²) in [6.45, 7) is 3.26. The molecule has 94 valence electrons. The lowest BCUT2D eigenvalue weighted by molar-refractivity contribution is -0.137. The molecule has 0 aliphatic carbocycles. The summed E-state index contributed by atoms with van der Waals surface area (Å²) in [6.07, 6.45) is 3.02. The minimum absolute atomic E-state index is 0.178. The maximum Gasteiger partial charge on any atom is 0.325 e. The Morgan fingerprint density at radius 3 is 2.76 bits per heavy atom. The number of nitrogens with zero attached hydrogens (tertiary/aromatic N) is 2. The number of carboxylic acid groups (broad SMARTS) is 1. The normalized spacial score (nSPS) is 11.2. The molecule has 1 aromatic rings. The van der Waals surface area contributed by atoms with Gasteiger partial charge in [0, 0.05) is 18.2 Å². The molecular formula is C10H16N4O3. The van der Waals surface area contributed by atoms with Crippen LogP contribution in [0.4, 0.5) is 5.69 Å². The van der Waals surface area contributed by atoms with Gasteiger partial charge < -0.3 is 16.2 Å². The topological polar surface area (TPSA) is 110 Å². The zero-order valence-corrected chi connectivity index (χ0v) is 9.80. The Balaban J connectivity index is 2.55. The van der Waals surface area contributed by atoms with E-state index in [-0.39, 0.29) is 18.9 Å². The number of carbonyl (C=O) groups is 2. The molecule has 0 bridgehead atoms. The molecular weight excluding hydrogens is 224 g/mol. The quantitative estimate of drug-likeness (QED) is 0.672. The number of hydrogen-bond acceptors (Lipinski definition) is 4. The molecule has 0 spiro atoms. The van der Waals surface area contributed by atoms with E-state index in [0.29, 0.717) is 5.69 Å². The van der Waals surface area contributed by atoms with Crippen LogP contribution in [0.1, 0.15) is 20.3 Å². The average Bonchev–Trinajstić information content (AvgIpc) is 2.46. The number of carboxylic acids is 1. The van der Waals surface area contributed by atoms with Crippen LogP contribution in [0.2, 0.25) is 0 Å². The Bertz CT molecular complexity index is 419.